The Morgan fingerprint density at radius 1 is 0.895 bits per heavy atom. The van der Waals surface area contributed by atoms with Crippen LogP contribution < -0.4 is 5.32 Å². The van der Waals surface area contributed by atoms with Gasteiger partial charge >= 0.3 is 19.5 Å². The van der Waals surface area contributed by atoms with Crippen molar-refractivity contribution in [2.24, 2.45) is 22.7 Å². The van der Waals surface area contributed by atoms with Crippen LogP contribution in [0.3, 0.4) is 0 Å². The third kappa shape index (κ3) is 9.29. The molecule has 5 atom stereocenters. The quantitative estimate of drug-likeness (QED) is 0.131. The zero-order valence-corrected chi connectivity index (χ0v) is 35.0. The third-order valence-corrected chi connectivity index (χ3v) is 14.1. The van der Waals surface area contributed by atoms with Crippen LogP contribution in [0.15, 0.2) is 43.0 Å². The van der Waals surface area contributed by atoms with Crippen molar-refractivity contribution in [2.75, 3.05) is 26.7 Å². The highest BCUT2D eigenvalue weighted by Gasteiger charge is 2.52. The predicted octanol–water partition coefficient (Wildman–Crippen LogP) is 5.89. The largest absolute Gasteiger partial charge is 0.438 e. The maximum atomic E-state index is 14.3. The fourth-order valence-corrected chi connectivity index (χ4v) is 10.1. The number of hydrogen-bond acceptors (Lipinski definition) is 12. The highest BCUT2D eigenvalue weighted by atomic mass is 32.1. The highest BCUT2D eigenvalue weighted by Crippen LogP contribution is 2.52. The van der Waals surface area contributed by atoms with E-state index in [4.69, 9.17) is 18.5 Å². The number of ether oxygens (including phenoxy) is 2. The van der Waals surface area contributed by atoms with Crippen molar-refractivity contribution in [3.05, 3.63) is 53.4 Å². The van der Waals surface area contributed by atoms with Gasteiger partial charge in [-0.2, -0.15) is 0 Å². The zero-order valence-electron chi connectivity index (χ0n) is 33.3. The van der Waals surface area contributed by atoms with Gasteiger partial charge < -0.3 is 29.2 Å². The number of nitrogens with one attached hydrogen (secondary N) is 1. The molecule has 0 spiro atoms. The summed E-state index contributed by atoms with van der Waals surface area (Å²) in [6.45, 7) is 9.94. The number of amides is 3. The molecular formula is C40H52N5O10PS. The normalized spacial score (nSPS) is 23.9. The van der Waals surface area contributed by atoms with E-state index in [0.29, 0.717) is 53.6 Å². The Hall–Kier alpha value is -4.11. The van der Waals surface area contributed by atoms with Gasteiger partial charge in [-0.15, -0.1) is 11.3 Å². The molecule has 1 saturated carbocycles. The van der Waals surface area contributed by atoms with E-state index in [1.54, 1.807) is 83.2 Å². The van der Waals surface area contributed by atoms with Crippen molar-refractivity contribution in [3.63, 3.8) is 0 Å². The molecule has 15 nitrogen and oxygen atoms in total. The maximum Gasteiger partial charge on any atom is 0.340 e. The molecule has 0 bridgehead atoms. The molecule has 3 aromatic rings. The topological polar surface area (TPSA) is 176 Å². The zero-order chi connectivity index (χ0) is 40.9. The number of esters is 2. The van der Waals surface area contributed by atoms with Crippen LogP contribution >= 0.6 is 18.9 Å². The van der Waals surface area contributed by atoms with E-state index in [9.17, 15) is 28.5 Å². The number of benzene rings is 1. The summed E-state index contributed by atoms with van der Waals surface area (Å²) in [5.41, 5.74) is -1.08. The predicted molar refractivity (Wildman–Crippen MR) is 210 cm³/mol. The highest BCUT2D eigenvalue weighted by molar-refractivity contribution is 7.53. The van der Waals surface area contributed by atoms with Gasteiger partial charge in [-0.05, 0) is 115 Å². The van der Waals surface area contributed by atoms with Gasteiger partial charge in [0.1, 0.15) is 12.1 Å². The number of imidazole rings is 1. The lowest BCUT2D eigenvalue weighted by atomic mass is 9.98. The lowest BCUT2D eigenvalue weighted by Gasteiger charge is -2.43. The Morgan fingerprint density at radius 2 is 1.56 bits per heavy atom. The number of likely N-dealkylation sites (tertiary alicyclic amines) is 1. The number of rotatable bonds is 12. The molecule has 2 aromatic heterocycles. The first-order chi connectivity index (χ1) is 26.9. The molecule has 4 aliphatic rings. The van der Waals surface area contributed by atoms with Gasteiger partial charge in [-0.25, -0.2) is 4.98 Å². The van der Waals surface area contributed by atoms with Crippen molar-refractivity contribution in [3.8, 4) is 0 Å². The lowest BCUT2D eigenvalue weighted by Crippen LogP contribution is -2.60. The summed E-state index contributed by atoms with van der Waals surface area (Å²) in [6.07, 6.45) is 8.97. The molecule has 3 aliphatic heterocycles. The van der Waals surface area contributed by atoms with Gasteiger partial charge in [0.05, 0.1) is 34.2 Å². The minimum absolute atomic E-state index is 0.0189. The molecule has 5 heterocycles. The van der Waals surface area contributed by atoms with E-state index in [0.717, 1.165) is 24.0 Å². The summed E-state index contributed by atoms with van der Waals surface area (Å²) in [5.74, 6) is -0.872. The van der Waals surface area contributed by atoms with E-state index < -0.39 is 56.0 Å². The summed E-state index contributed by atoms with van der Waals surface area (Å²) < 4.78 is 38.1. The van der Waals surface area contributed by atoms with E-state index in [1.165, 1.54) is 11.3 Å². The van der Waals surface area contributed by atoms with Gasteiger partial charge in [-0.3, -0.25) is 37.6 Å². The third-order valence-electron chi connectivity index (χ3n) is 11.2. The van der Waals surface area contributed by atoms with Crippen LogP contribution in [0.1, 0.15) is 94.9 Å². The van der Waals surface area contributed by atoms with Crippen LogP contribution in [-0.2, 0) is 48.4 Å². The molecule has 3 saturated heterocycles. The summed E-state index contributed by atoms with van der Waals surface area (Å²) >= 11 is 1.27. The van der Waals surface area contributed by atoms with Crippen LogP contribution in [0.25, 0.3) is 10.1 Å². The Balaban J connectivity index is 1.02. The number of nitrogens with zero attached hydrogens (tertiary/aromatic N) is 4. The van der Waals surface area contributed by atoms with Crippen molar-refractivity contribution < 1.29 is 47.1 Å². The molecule has 17 heteroatoms. The number of fused-ring (bicyclic) bond motifs is 3. The summed E-state index contributed by atoms with van der Waals surface area (Å²) in [7, 11) is -4.03. The van der Waals surface area contributed by atoms with E-state index in [-0.39, 0.29) is 36.0 Å². The number of aromatic nitrogens is 2. The second kappa shape index (κ2) is 15.9. The summed E-state index contributed by atoms with van der Waals surface area (Å²) in [6, 6.07) is 5.88. The van der Waals surface area contributed by atoms with E-state index in [2.05, 4.69) is 10.3 Å². The Bertz CT molecular complexity index is 2030. The van der Waals surface area contributed by atoms with Gasteiger partial charge in [0.2, 0.25) is 25.4 Å². The second-order valence-corrected chi connectivity index (χ2v) is 20.9. The number of carbonyl (C=O) groups excluding carboxylic acids is 5. The fraction of sp³-hybridized carbons (Fsp3) is 0.600. The minimum Gasteiger partial charge on any atom is -0.438 e. The van der Waals surface area contributed by atoms with Gasteiger partial charge in [0.25, 0.3) is 5.91 Å². The minimum atomic E-state index is -4.03. The monoisotopic (exact) mass is 825 g/mol. The molecule has 3 amide bonds. The standard InChI is InChI=1S/C40H52N5O10PS/c1-39(2,3)37(49)52-22-54-56(51,55-23-53-38(50)40(4,5)6)20-24-7-10-32-27(13-24)17-33(57-32)34(46)42-30-16-26-14-25(26)15-28-8-9-31(45(28)35(30)47)36(48)44-18-29(19-44)43-12-11-41-21-43/h7,10-13,17,21,25-26,28-31H,8-9,14-16,18-20,22-23H2,1-6H3,(H,42,46)/t25-,26+,28-,30+,31+/m1/s1. The van der Waals surface area contributed by atoms with Gasteiger partial charge in [-0.1, -0.05) is 6.07 Å². The van der Waals surface area contributed by atoms with Gasteiger partial charge in [0, 0.05) is 36.2 Å². The van der Waals surface area contributed by atoms with Crippen molar-refractivity contribution in [1.82, 2.24) is 24.7 Å². The van der Waals surface area contributed by atoms with Crippen molar-refractivity contribution in [2.45, 2.75) is 104 Å². The van der Waals surface area contributed by atoms with Crippen LogP contribution in [0.4, 0.5) is 0 Å². The average Bonchev–Trinajstić information content (AvgIpc) is 3.50. The molecule has 7 rings (SSSR count). The fourth-order valence-electron chi connectivity index (χ4n) is 7.79. The molecular weight excluding hydrogens is 774 g/mol. The lowest BCUT2D eigenvalue weighted by molar-refractivity contribution is -0.162. The molecule has 1 aromatic carbocycles. The first kappa shape index (κ1) is 41.1. The summed E-state index contributed by atoms with van der Waals surface area (Å²) in [4.78, 5) is 74.7. The smallest absolute Gasteiger partial charge is 0.340 e. The number of hydrogen-bond donors (Lipinski definition) is 1. The van der Waals surface area contributed by atoms with Crippen LogP contribution in [0.2, 0.25) is 0 Å². The van der Waals surface area contributed by atoms with Crippen molar-refractivity contribution in [1.29, 1.82) is 0 Å². The molecule has 0 unspecified atom stereocenters. The molecule has 0 radical (unpaired) electrons. The van der Waals surface area contributed by atoms with Crippen LogP contribution in [0, 0.1) is 22.7 Å². The number of carbonyl (C=O) groups is 5. The number of thiophene rings is 1. The Morgan fingerprint density at radius 3 is 2.19 bits per heavy atom. The van der Waals surface area contributed by atoms with Crippen LogP contribution in [0.5, 0.6) is 0 Å². The maximum absolute atomic E-state index is 14.3. The Kier molecular flexibility index (Phi) is 11.5. The van der Waals surface area contributed by atoms with Gasteiger partial charge in [0.15, 0.2) is 0 Å². The molecule has 308 valence electrons. The summed E-state index contributed by atoms with van der Waals surface area (Å²) in [5, 5.41) is 3.74. The first-order valence-corrected chi connectivity index (χ1v) is 22.1. The van der Waals surface area contributed by atoms with Crippen molar-refractivity contribution >= 4 is 58.7 Å². The van der Waals surface area contributed by atoms with Crippen LogP contribution in [-0.4, -0.2) is 93.8 Å². The SMILES string of the molecule is CC(C)(C)C(=O)OCOP(=O)(Cc1ccc2sc(C(=O)N[C@H]3C[C@@H]4C[C@@H]4C[C@H]4CC[C@@H](C(=O)N5CC(n6ccnc6)C5)N4C3=O)cc2c1)OCOC(=O)C(C)(C)C. The molecule has 1 N–H and O–H groups in total. The van der Waals surface area contributed by atoms with E-state index >= 15 is 0 Å². The molecule has 1 aliphatic carbocycles. The molecule has 57 heavy (non-hydrogen) atoms. The first-order valence-electron chi connectivity index (χ1n) is 19.5. The average molecular weight is 826 g/mol. The molecule has 4 fully saturated rings. The second-order valence-electron chi connectivity index (χ2n) is 17.8. The van der Waals surface area contributed by atoms with E-state index in [1.807, 2.05) is 15.7 Å². The Labute approximate surface area is 336 Å².